The second kappa shape index (κ2) is 7.49. The van der Waals surface area contributed by atoms with Gasteiger partial charge in [-0.3, -0.25) is 4.90 Å². The molecule has 0 spiro atoms. The fourth-order valence-corrected chi connectivity index (χ4v) is 4.20. The van der Waals surface area contributed by atoms with Gasteiger partial charge in [-0.2, -0.15) is 0 Å². The van der Waals surface area contributed by atoms with Gasteiger partial charge in [-0.1, -0.05) is 35.9 Å². The van der Waals surface area contributed by atoms with Crippen molar-refractivity contribution in [2.45, 2.75) is 39.4 Å². The Morgan fingerprint density at radius 2 is 1.89 bits per heavy atom. The quantitative estimate of drug-likeness (QED) is 0.548. The van der Waals surface area contributed by atoms with E-state index < -0.39 is 0 Å². The summed E-state index contributed by atoms with van der Waals surface area (Å²) in [6.07, 6.45) is 3.25. The van der Waals surface area contributed by atoms with E-state index in [0.717, 1.165) is 31.6 Å². The van der Waals surface area contributed by atoms with Crippen LogP contribution in [0.3, 0.4) is 0 Å². The van der Waals surface area contributed by atoms with Gasteiger partial charge >= 0.3 is 0 Å². The molecule has 1 atom stereocenters. The average molecular weight is 383 g/mol. The van der Waals surface area contributed by atoms with Crippen LogP contribution in [0.4, 0.5) is 4.39 Å². The summed E-state index contributed by atoms with van der Waals surface area (Å²) in [6, 6.07) is 16.3. The van der Waals surface area contributed by atoms with Crippen LogP contribution in [0.1, 0.15) is 40.4 Å². The van der Waals surface area contributed by atoms with Gasteiger partial charge in [0.05, 0.1) is 11.1 Å². The molecule has 0 unspecified atom stereocenters. The number of aromatic nitrogens is 1. The third-order valence-electron chi connectivity index (χ3n) is 5.57. The topological polar surface area (TPSA) is 8.17 Å². The van der Waals surface area contributed by atoms with Crippen molar-refractivity contribution >= 4 is 11.6 Å². The molecular formula is C23H24ClFN2. The summed E-state index contributed by atoms with van der Waals surface area (Å²) in [6.45, 7) is 7.05. The largest absolute Gasteiger partial charge is 0.350 e. The molecule has 0 N–H and O–H groups in total. The molecule has 1 aromatic heterocycles. The van der Waals surface area contributed by atoms with Gasteiger partial charge in [0.1, 0.15) is 5.82 Å². The van der Waals surface area contributed by atoms with E-state index in [2.05, 4.69) is 59.8 Å². The molecule has 2 aromatic carbocycles. The zero-order valence-electron chi connectivity index (χ0n) is 15.8. The van der Waals surface area contributed by atoms with Crippen LogP contribution >= 0.6 is 11.6 Å². The Morgan fingerprint density at radius 3 is 2.67 bits per heavy atom. The van der Waals surface area contributed by atoms with Gasteiger partial charge in [-0.25, -0.2) is 4.39 Å². The number of aryl methyl sites for hydroxylation is 3. The van der Waals surface area contributed by atoms with Crippen molar-refractivity contribution in [1.82, 2.24) is 9.47 Å². The number of benzene rings is 2. The molecule has 3 aromatic rings. The first kappa shape index (κ1) is 18.3. The molecule has 0 saturated heterocycles. The minimum atomic E-state index is -0.365. The predicted octanol–water partition coefficient (Wildman–Crippen LogP) is 5.89. The highest BCUT2D eigenvalue weighted by atomic mass is 35.5. The maximum atomic E-state index is 13.6. The maximum absolute atomic E-state index is 13.6. The van der Waals surface area contributed by atoms with Gasteiger partial charge in [0.2, 0.25) is 0 Å². The first-order valence-electron chi connectivity index (χ1n) is 9.43. The minimum absolute atomic E-state index is 0.172. The normalized spacial score (nSPS) is 17.6. The van der Waals surface area contributed by atoms with Gasteiger partial charge in [0, 0.05) is 31.5 Å². The van der Waals surface area contributed by atoms with E-state index in [1.165, 1.54) is 28.5 Å². The van der Waals surface area contributed by atoms with Crippen molar-refractivity contribution in [3.8, 4) is 0 Å². The summed E-state index contributed by atoms with van der Waals surface area (Å²) in [4.78, 5) is 2.48. The maximum Gasteiger partial charge on any atom is 0.141 e. The van der Waals surface area contributed by atoms with E-state index >= 15 is 0 Å². The van der Waals surface area contributed by atoms with Crippen LogP contribution in [0, 0.1) is 19.7 Å². The van der Waals surface area contributed by atoms with E-state index in [-0.39, 0.29) is 16.9 Å². The van der Waals surface area contributed by atoms with E-state index in [0.29, 0.717) is 0 Å². The van der Waals surface area contributed by atoms with Crippen LogP contribution in [0.5, 0.6) is 0 Å². The molecule has 4 heteroatoms. The molecule has 0 amide bonds. The van der Waals surface area contributed by atoms with Crippen molar-refractivity contribution in [2.24, 2.45) is 0 Å². The van der Waals surface area contributed by atoms with E-state index in [1.54, 1.807) is 6.07 Å². The Morgan fingerprint density at radius 1 is 1.04 bits per heavy atom. The molecule has 0 bridgehead atoms. The summed E-state index contributed by atoms with van der Waals surface area (Å²) < 4.78 is 15.9. The molecule has 2 heterocycles. The molecule has 0 fully saturated rings. The van der Waals surface area contributed by atoms with Crippen LogP contribution in [0.2, 0.25) is 5.02 Å². The van der Waals surface area contributed by atoms with Gasteiger partial charge in [-0.15, -0.1) is 0 Å². The lowest BCUT2D eigenvalue weighted by Crippen LogP contribution is -2.29. The minimum Gasteiger partial charge on any atom is -0.350 e. The smallest absolute Gasteiger partial charge is 0.141 e. The SMILES string of the molecule is Cc1ccc([C@@H]2c3cccn3CCCN2Cc2ccc(F)c(Cl)c2)cc1C. The molecule has 4 rings (SSSR count). The predicted molar refractivity (Wildman–Crippen MR) is 109 cm³/mol. The van der Waals surface area contributed by atoms with Gasteiger partial charge in [-0.05, 0) is 66.8 Å². The van der Waals surface area contributed by atoms with Crippen molar-refractivity contribution < 1.29 is 4.39 Å². The lowest BCUT2D eigenvalue weighted by molar-refractivity contribution is 0.220. The summed E-state index contributed by atoms with van der Waals surface area (Å²) in [5.41, 5.74) is 6.26. The highest BCUT2D eigenvalue weighted by Crippen LogP contribution is 2.34. The summed E-state index contributed by atoms with van der Waals surface area (Å²) in [5.74, 6) is -0.365. The fourth-order valence-electron chi connectivity index (χ4n) is 4.00. The first-order valence-corrected chi connectivity index (χ1v) is 9.81. The van der Waals surface area contributed by atoms with Crippen LogP contribution in [-0.4, -0.2) is 16.0 Å². The average Bonchev–Trinajstić information content (AvgIpc) is 3.02. The second-order valence-electron chi connectivity index (χ2n) is 7.45. The highest BCUT2D eigenvalue weighted by Gasteiger charge is 2.27. The monoisotopic (exact) mass is 382 g/mol. The number of hydrogen-bond donors (Lipinski definition) is 0. The van der Waals surface area contributed by atoms with Crippen LogP contribution in [-0.2, 0) is 13.1 Å². The van der Waals surface area contributed by atoms with Crippen molar-refractivity contribution in [1.29, 1.82) is 0 Å². The van der Waals surface area contributed by atoms with Gasteiger partial charge in [0.25, 0.3) is 0 Å². The highest BCUT2D eigenvalue weighted by molar-refractivity contribution is 6.30. The Bertz CT molecular complexity index is 963. The van der Waals surface area contributed by atoms with Gasteiger partial charge in [0.15, 0.2) is 0 Å². The number of halogens is 2. The standard InChI is InChI=1S/C23H24ClFN2/c1-16-6-8-19(13-17(16)2)23-22-5-3-10-26(22)11-4-12-27(23)15-18-7-9-21(25)20(24)14-18/h3,5-10,13-14,23H,4,11-12,15H2,1-2H3/t23-/m1/s1. The molecule has 0 saturated carbocycles. The summed E-state index contributed by atoms with van der Waals surface area (Å²) in [5, 5.41) is 0.188. The van der Waals surface area contributed by atoms with E-state index in [9.17, 15) is 4.39 Å². The van der Waals surface area contributed by atoms with Crippen molar-refractivity contribution in [3.63, 3.8) is 0 Å². The van der Waals surface area contributed by atoms with E-state index in [1.807, 2.05) is 6.07 Å². The molecule has 2 nitrogen and oxygen atoms in total. The molecule has 1 aliphatic heterocycles. The number of fused-ring (bicyclic) bond motifs is 1. The number of hydrogen-bond acceptors (Lipinski definition) is 1. The Hall–Kier alpha value is -2.10. The third-order valence-corrected chi connectivity index (χ3v) is 5.86. The molecule has 1 aliphatic rings. The lowest BCUT2D eigenvalue weighted by Gasteiger charge is -2.31. The molecule has 0 radical (unpaired) electrons. The summed E-state index contributed by atoms with van der Waals surface area (Å²) in [7, 11) is 0. The Labute approximate surface area is 165 Å². The Balaban J connectivity index is 1.75. The third kappa shape index (κ3) is 3.67. The first-order chi connectivity index (χ1) is 13.0. The fraction of sp³-hybridized carbons (Fsp3) is 0.304. The zero-order valence-corrected chi connectivity index (χ0v) is 16.5. The molecule has 27 heavy (non-hydrogen) atoms. The van der Waals surface area contributed by atoms with Crippen molar-refractivity contribution in [3.05, 3.63) is 93.5 Å². The number of rotatable bonds is 3. The zero-order chi connectivity index (χ0) is 19.0. The van der Waals surface area contributed by atoms with E-state index in [4.69, 9.17) is 11.6 Å². The summed E-state index contributed by atoms with van der Waals surface area (Å²) >= 11 is 6.02. The number of nitrogens with zero attached hydrogens (tertiary/aromatic N) is 2. The molecule has 0 aliphatic carbocycles. The molecule has 140 valence electrons. The Kier molecular flexibility index (Phi) is 5.07. The second-order valence-corrected chi connectivity index (χ2v) is 7.85. The van der Waals surface area contributed by atoms with Crippen molar-refractivity contribution in [2.75, 3.05) is 6.54 Å². The molecular weight excluding hydrogens is 359 g/mol. The lowest BCUT2D eigenvalue weighted by atomic mass is 9.97. The van der Waals surface area contributed by atoms with Gasteiger partial charge < -0.3 is 4.57 Å². The van der Waals surface area contributed by atoms with Crippen LogP contribution < -0.4 is 0 Å². The van der Waals surface area contributed by atoms with Crippen LogP contribution in [0.25, 0.3) is 0 Å². The van der Waals surface area contributed by atoms with Crippen LogP contribution in [0.15, 0.2) is 54.7 Å².